The van der Waals surface area contributed by atoms with Crippen molar-refractivity contribution in [2.24, 2.45) is 0 Å². The lowest BCUT2D eigenvalue weighted by atomic mass is 10.3. The molecule has 0 aliphatic rings. The first-order chi connectivity index (χ1) is 9.69. The second-order valence-electron chi connectivity index (χ2n) is 4.29. The van der Waals surface area contributed by atoms with E-state index >= 15 is 0 Å². The predicted molar refractivity (Wildman–Crippen MR) is 85.0 cm³/mol. The van der Waals surface area contributed by atoms with Gasteiger partial charge in [-0.2, -0.15) is 0 Å². The molecule has 0 saturated heterocycles. The number of aromatic nitrogens is 2. The molecule has 1 N–H and O–H groups in total. The molecule has 0 atom stereocenters. The number of benzene rings is 1. The summed E-state index contributed by atoms with van der Waals surface area (Å²) < 4.78 is 0. The van der Waals surface area contributed by atoms with Crippen LogP contribution in [0.3, 0.4) is 0 Å². The fraction of sp³-hybridized carbons (Fsp3) is 0.294. The van der Waals surface area contributed by atoms with Crippen LogP contribution in [-0.2, 0) is 0 Å². The molecule has 0 bridgehead atoms. The highest BCUT2D eigenvalue weighted by atomic mass is 15.1. The number of hydrogen-bond donors (Lipinski definition) is 1. The van der Waals surface area contributed by atoms with Crippen molar-refractivity contribution < 1.29 is 0 Å². The topological polar surface area (TPSA) is 37.8 Å². The summed E-state index contributed by atoms with van der Waals surface area (Å²) in [5.74, 6) is 6.35. The van der Waals surface area contributed by atoms with Crippen molar-refractivity contribution in [3.8, 4) is 11.8 Å². The molecule has 0 amide bonds. The van der Waals surface area contributed by atoms with E-state index in [1.165, 1.54) is 6.42 Å². The molecule has 20 heavy (non-hydrogen) atoms. The lowest BCUT2D eigenvalue weighted by molar-refractivity contribution is 1.09. The van der Waals surface area contributed by atoms with Gasteiger partial charge >= 0.3 is 0 Å². The van der Waals surface area contributed by atoms with Crippen molar-refractivity contribution in [3.63, 3.8) is 0 Å². The summed E-state index contributed by atoms with van der Waals surface area (Å²) in [4.78, 5) is 8.64. The number of anilines is 2. The molecule has 104 valence electrons. The first-order valence-electron chi connectivity index (χ1n) is 6.80. The van der Waals surface area contributed by atoms with E-state index in [0.717, 1.165) is 17.1 Å². The number of nitrogens with zero attached hydrogens (tertiary/aromatic N) is 2. The maximum atomic E-state index is 4.32. The van der Waals surface area contributed by atoms with E-state index in [-0.39, 0.29) is 0 Å². The molecule has 3 nitrogen and oxygen atoms in total. The van der Waals surface area contributed by atoms with Gasteiger partial charge in [-0.15, -0.1) is 0 Å². The molecule has 3 heteroatoms. The highest BCUT2D eigenvalue weighted by molar-refractivity contribution is 5.53. The van der Waals surface area contributed by atoms with Crippen molar-refractivity contribution >= 4 is 11.6 Å². The summed E-state index contributed by atoms with van der Waals surface area (Å²) >= 11 is 0. The van der Waals surface area contributed by atoms with Crippen molar-refractivity contribution in [3.05, 3.63) is 47.8 Å². The van der Waals surface area contributed by atoms with Crippen LogP contribution in [0.1, 0.15) is 38.6 Å². The van der Waals surface area contributed by atoms with Gasteiger partial charge in [0.1, 0.15) is 5.69 Å². The van der Waals surface area contributed by atoms with Gasteiger partial charge in [-0.3, -0.25) is 0 Å². The van der Waals surface area contributed by atoms with E-state index in [1.807, 2.05) is 43.3 Å². The van der Waals surface area contributed by atoms with E-state index in [4.69, 9.17) is 0 Å². The van der Waals surface area contributed by atoms with Crippen LogP contribution in [0.5, 0.6) is 0 Å². The average Bonchev–Trinajstić information content (AvgIpc) is 2.40. The molecule has 2 aromatic rings. The largest absolute Gasteiger partial charge is 0.324 e. The normalized spacial score (nSPS) is 8.80. The predicted octanol–water partition coefficient (Wildman–Crippen LogP) is 4.32. The summed E-state index contributed by atoms with van der Waals surface area (Å²) in [5.41, 5.74) is 2.60. The van der Waals surface area contributed by atoms with Crippen LogP contribution in [0, 0.1) is 18.8 Å². The zero-order valence-corrected chi connectivity index (χ0v) is 12.6. The minimum atomic E-state index is 0.578. The second-order valence-corrected chi connectivity index (χ2v) is 4.29. The van der Waals surface area contributed by atoms with Crippen LogP contribution < -0.4 is 5.32 Å². The summed E-state index contributed by atoms with van der Waals surface area (Å²) in [6.45, 7) is 7.97. The van der Waals surface area contributed by atoms with Gasteiger partial charge in [-0.05, 0) is 38.0 Å². The van der Waals surface area contributed by atoms with Crippen molar-refractivity contribution in [1.82, 2.24) is 9.97 Å². The number of para-hydroxylation sites is 1. The lowest BCUT2D eigenvalue weighted by Crippen LogP contribution is -2.00. The van der Waals surface area contributed by atoms with Gasteiger partial charge in [0.15, 0.2) is 0 Å². The Morgan fingerprint density at radius 3 is 2.35 bits per heavy atom. The SMILES string of the molecule is CC#Cc1cc(C)nc(Nc2ccccc2)n1.CCC. The molecule has 0 aliphatic heterocycles. The molecule has 0 aliphatic carbocycles. The van der Waals surface area contributed by atoms with Gasteiger partial charge in [0.25, 0.3) is 0 Å². The summed E-state index contributed by atoms with van der Waals surface area (Å²) in [7, 11) is 0. The number of hydrogen-bond acceptors (Lipinski definition) is 3. The Morgan fingerprint density at radius 2 is 1.75 bits per heavy atom. The Kier molecular flexibility index (Phi) is 6.84. The van der Waals surface area contributed by atoms with Crippen LogP contribution in [0.4, 0.5) is 11.6 Å². The third-order valence-electron chi connectivity index (χ3n) is 2.14. The van der Waals surface area contributed by atoms with E-state index in [2.05, 4.69) is 41.0 Å². The van der Waals surface area contributed by atoms with Crippen molar-refractivity contribution in [1.29, 1.82) is 0 Å². The quantitative estimate of drug-likeness (QED) is 0.824. The lowest BCUT2D eigenvalue weighted by Gasteiger charge is -2.05. The standard InChI is InChI=1S/C14H13N3.C3H8/c1-3-7-13-10-11(2)15-14(17-13)16-12-8-5-4-6-9-12;1-3-2/h4-6,8-10H,1-2H3,(H,15,16,17);3H2,1-2H3. The van der Waals surface area contributed by atoms with Gasteiger partial charge in [-0.1, -0.05) is 44.4 Å². The summed E-state index contributed by atoms with van der Waals surface area (Å²) in [5, 5.41) is 3.15. The Bertz CT molecular complexity index is 580. The van der Waals surface area contributed by atoms with Gasteiger partial charge < -0.3 is 5.32 Å². The fourth-order valence-electron chi connectivity index (χ4n) is 1.47. The highest BCUT2D eigenvalue weighted by Gasteiger charge is 2.00. The molecule has 0 saturated carbocycles. The first kappa shape index (κ1) is 15.7. The fourth-order valence-corrected chi connectivity index (χ4v) is 1.47. The molecule has 1 heterocycles. The Labute approximate surface area is 121 Å². The Hall–Kier alpha value is -2.34. The average molecular weight is 267 g/mol. The molecular weight excluding hydrogens is 246 g/mol. The number of rotatable bonds is 2. The molecular formula is C17H21N3. The molecule has 0 fully saturated rings. The minimum Gasteiger partial charge on any atom is -0.324 e. The van der Waals surface area contributed by atoms with E-state index in [0.29, 0.717) is 5.95 Å². The molecule has 2 rings (SSSR count). The van der Waals surface area contributed by atoms with Crippen LogP contribution in [0.25, 0.3) is 0 Å². The van der Waals surface area contributed by atoms with Crippen molar-refractivity contribution in [2.45, 2.75) is 34.1 Å². The summed E-state index contributed by atoms with van der Waals surface area (Å²) in [6.07, 6.45) is 1.25. The highest BCUT2D eigenvalue weighted by Crippen LogP contribution is 2.12. The van der Waals surface area contributed by atoms with Crippen molar-refractivity contribution in [2.75, 3.05) is 5.32 Å². The second kappa shape index (κ2) is 8.71. The molecule has 1 aromatic heterocycles. The van der Waals surface area contributed by atoms with Gasteiger partial charge in [0.05, 0.1) is 0 Å². The summed E-state index contributed by atoms with van der Waals surface area (Å²) in [6, 6.07) is 11.7. The number of nitrogens with one attached hydrogen (secondary N) is 1. The van der Waals surface area contributed by atoms with Gasteiger partial charge in [0, 0.05) is 11.4 Å². The van der Waals surface area contributed by atoms with Crippen LogP contribution >= 0.6 is 0 Å². The molecule has 1 aromatic carbocycles. The maximum Gasteiger partial charge on any atom is 0.228 e. The monoisotopic (exact) mass is 267 g/mol. The smallest absolute Gasteiger partial charge is 0.228 e. The maximum absolute atomic E-state index is 4.32. The first-order valence-corrected chi connectivity index (χ1v) is 6.80. The zero-order chi connectivity index (χ0) is 14.8. The Balaban J connectivity index is 0.000000612. The molecule has 0 radical (unpaired) electrons. The van der Waals surface area contributed by atoms with Crippen LogP contribution in [0.2, 0.25) is 0 Å². The third-order valence-corrected chi connectivity index (χ3v) is 2.14. The molecule has 0 spiro atoms. The third kappa shape index (κ3) is 5.53. The van der Waals surface area contributed by atoms with E-state index < -0.39 is 0 Å². The van der Waals surface area contributed by atoms with E-state index in [9.17, 15) is 0 Å². The van der Waals surface area contributed by atoms with Crippen LogP contribution in [0.15, 0.2) is 36.4 Å². The minimum absolute atomic E-state index is 0.578. The van der Waals surface area contributed by atoms with Gasteiger partial charge in [0.2, 0.25) is 5.95 Å². The molecule has 0 unspecified atom stereocenters. The number of aryl methyl sites for hydroxylation is 1. The van der Waals surface area contributed by atoms with Gasteiger partial charge in [-0.25, -0.2) is 9.97 Å². The zero-order valence-electron chi connectivity index (χ0n) is 12.6. The van der Waals surface area contributed by atoms with Crippen LogP contribution in [-0.4, -0.2) is 9.97 Å². The Morgan fingerprint density at radius 1 is 1.10 bits per heavy atom. The van der Waals surface area contributed by atoms with E-state index in [1.54, 1.807) is 6.92 Å².